The third kappa shape index (κ3) is 3.22. The molecule has 2 aromatic rings. The Kier molecular flexibility index (Phi) is 4.35. The molecule has 0 radical (unpaired) electrons. The highest BCUT2D eigenvalue weighted by Crippen LogP contribution is 2.20. The molecule has 0 spiro atoms. The van der Waals surface area contributed by atoms with Crippen molar-refractivity contribution in [2.75, 3.05) is 0 Å². The first-order valence-corrected chi connectivity index (χ1v) is 6.51. The molecule has 1 N–H and O–H groups in total. The van der Waals surface area contributed by atoms with Crippen LogP contribution < -0.4 is 5.48 Å². The first-order valence-electron chi connectivity index (χ1n) is 6.51. The highest BCUT2D eigenvalue weighted by atomic mass is 16.6. The van der Waals surface area contributed by atoms with E-state index in [0.717, 1.165) is 11.3 Å². The first kappa shape index (κ1) is 13.8. The Labute approximate surface area is 114 Å². The summed E-state index contributed by atoms with van der Waals surface area (Å²) in [7, 11) is 1.96. The normalized spacial score (nSPS) is 12.6. The average Bonchev–Trinajstić information content (AvgIpc) is 2.64. The van der Waals surface area contributed by atoms with Crippen molar-refractivity contribution < 1.29 is 4.84 Å². The fraction of sp³-hybridized carbons (Fsp3) is 0.400. The zero-order valence-corrected chi connectivity index (χ0v) is 12.0. The molecule has 19 heavy (non-hydrogen) atoms. The summed E-state index contributed by atoms with van der Waals surface area (Å²) in [4.78, 5) is 5.57. The van der Waals surface area contributed by atoms with Gasteiger partial charge in [-0.2, -0.15) is 10.6 Å². The van der Waals surface area contributed by atoms with Crippen LogP contribution in [0.25, 0.3) is 0 Å². The molecule has 4 nitrogen and oxygen atoms in total. The number of hydrogen-bond acceptors (Lipinski definition) is 3. The fourth-order valence-corrected chi connectivity index (χ4v) is 2.30. The number of nitrogens with one attached hydrogen (secondary N) is 1. The van der Waals surface area contributed by atoms with E-state index < -0.39 is 0 Å². The molecule has 0 aliphatic heterocycles. The molecule has 1 heterocycles. The maximum absolute atomic E-state index is 5.57. The third-order valence-corrected chi connectivity index (χ3v) is 3.34. The van der Waals surface area contributed by atoms with Crippen molar-refractivity contribution in [2.45, 2.75) is 33.4 Å². The van der Waals surface area contributed by atoms with Crippen LogP contribution in [0.2, 0.25) is 0 Å². The van der Waals surface area contributed by atoms with Gasteiger partial charge < -0.3 is 0 Å². The second-order valence-corrected chi connectivity index (χ2v) is 4.82. The molecule has 0 aliphatic rings. The van der Waals surface area contributed by atoms with E-state index in [4.69, 9.17) is 4.84 Å². The molecule has 4 heteroatoms. The predicted octanol–water partition coefficient (Wildman–Crippen LogP) is 2.82. The van der Waals surface area contributed by atoms with E-state index in [9.17, 15) is 0 Å². The van der Waals surface area contributed by atoms with Crippen molar-refractivity contribution >= 4 is 0 Å². The van der Waals surface area contributed by atoms with Gasteiger partial charge in [-0.15, -0.1) is 0 Å². The summed E-state index contributed by atoms with van der Waals surface area (Å²) in [5.41, 5.74) is 7.66. The highest BCUT2D eigenvalue weighted by Gasteiger charge is 2.15. The van der Waals surface area contributed by atoms with E-state index in [1.165, 1.54) is 11.3 Å². The summed E-state index contributed by atoms with van der Waals surface area (Å²) in [5.74, 6) is 0. The molecular weight excluding hydrogens is 238 g/mol. The topological polar surface area (TPSA) is 39.1 Å². The predicted molar refractivity (Wildman–Crippen MR) is 75.5 cm³/mol. The Morgan fingerprint density at radius 3 is 2.53 bits per heavy atom. The second-order valence-electron chi connectivity index (χ2n) is 4.82. The van der Waals surface area contributed by atoms with Crippen molar-refractivity contribution in [1.29, 1.82) is 0 Å². The lowest BCUT2D eigenvalue weighted by atomic mass is 10.1. The van der Waals surface area contributed by atoms with Crippen LogP contribution in [0.4, 0.5) is 0 Å². The van der Waals surface area contributed by atoms with Crippen molar-refractivity contribution in [3.05, 3.63) is 52.8 Å². The van der Waals surface area contributed by atoms with Crippen LogP contribution in [0.3, 0.4) is 0 Å². The summed E-state index contributed by atoms with van der Waals surface area (Å²) < 4.78 is 1.90. The van der Waals surface area contributed by atoms with Gasteiger partial charge >= 0.3 is 0 Å². The van der Waals surface area contributed by atoms with Gasteiger partial charge in [0, 0.05) is 18.3 Å². The van der Waals surface area contributed by atoms with Crippen LogP contribution in [0.15, 0.2) is 30.3 Å². The van der Waals surface area contributed by atoms with Gasteiger partial charge in [0.2, 0.25) is 0 Å². The highest BCUT2D eigenvalue weighted by molar-refractivity contribution is 5.27. The van der Waals surface area contributed by atoms with Gasteiger partial charge in [0.15, 0.2) is 0 Å². The van der Waals surface area contributed by atoms with Crippen LogP contribution in [-0.2, 0) is 18.5 Å². The van der Waals surface area contributed by atoms with E-state index in [1.807, 2.05) is 49.0 Å². The van der Waals surface area contributed by atoms with E-state index in [-0.39, 0.29) is 6.04 Å². The lowest BCUT2D eigenvalue weighted by Crippen LogP contribution is -2.20. The number of hydroxylamine groups is 1. The monoisotopic (exact) mass is 259 g/mol. The maximum atomic E-state index is 5.57. The standard InChI is InChI=1S/C15H21N3O/c1-11-15(13(3)18(4)16-11)12(2)17-19-10-14-8-6-5-7-9-14/h5-9,12,17H,10H2,1-4H3. The Balaban J connectivity index is 1.93. The van der Waals surface area contributed by atoms with E-state index in [2.05, 4.69) is 24.4 Å². The van der Waals surface area contributed by atoms with Crippen molar-refractivity contribution in [2.24, 2.45) is 7.05 Å². The SMILES string of the molecule is Cc1nn(C)c(C)c1C(C)NOCc1ccccc1. The van der Waals surface area contributed by atoms with Gasteiger partial charge in [-0.3, -0.25) is 9.52 Å². The van der Waals surface area contributed by atoms with Crippen LogP contribution in [-0.4, -0.2) is 9.78 Å². The molecule has 1 atom stereocenters. The molecule has 0 bridgehead atoms. The largest absolute Gasteiger partial charge is 0.296 e. The quantitative estimate of drug-likeness (QED) is 0.839. The number of rotatable bonds is 5. The summed E-state index contributed by atoms with van der Waals surface area (Å²) in [6.45, 7) is 6.74. The van der Waals surface area contributed by atoms with E-state index in [1.54, 1.807) is 0 Å². The Morgan fingerprint density at radius 1 is 1.26 bits per heavy atom. The zero-order valence-electron chi connectivity index (χ0n) is 12.0. The number of nitrogens with zero attached hydrogens (tertiary/aromatic N) is 2. The van der Waals surface area contributed by atoms with Gasteiger partial charge in [0.25, 0.3) is 0 Å². The molecule has 0 amide bonds. The lowest BCUT2D eigenvalue weighted by molar-refractivity contribution is 0.00671. The number of benzene rings is 1. The number of aromatic nitrogens is 2. The summed E-state index contributed by atoms with van der Waals surface area (Å²) in [6.07, 6.45) is 0. The molecule has 2 rings (SSSR count). The van der Waals surface area contributed by atoms with Crippen molar-refractivity contribution in [3.8, 4) is 0 Å². The van der Waals surface area contributed by atoms with Crippen molar-refractivity contribution in [3.63, 3.8) is 0 Å². The fourth-order valence-electron chi connectivity index (χ4n) is 2.30. The minimum Gasteiger partial charge on any atom is -0.296 e. The smallest absolute Gasteiger partial charge is 0.0933 e. The van der Waals surface area contributed by atoms with Crippen LogP contribution in [0, 0.1) is 13.8 Å². The van der Waals surface area contributed by atoms with Gasteiger partial charge in [-0.05, 0) is 26.3 Å². The van der Waals surface area contributed by atoms with Crippen LogP contribution in [0.5, 0.6) is 0 Å². The minimum atomic E-state index is 0.123. The van der Waals surface area contributed by atoms with Gasteiger partial charge in [0.05, 0.1) is 18.3 Å². The molecular formula is C15H21N3O. The molecule has 0 saturated heterocycles. The Morgan fingerprint density at radius 2 is 1.95 bits per heavy atom. The molecule has 1 aromatic heterocycles. The Bertz CT molecular complexity index is 534. The molecule has 0 saturated carbocycles. The molecule has 0 fully saturated rings. The lowest BCUT2D eigenvalue weighted by Gasteiger charge is -2.14. The molecule has 1 unspecified atom stereocenters. The average molecular weight is 259 g/mol. The summed E-state index contributed by atoms with van der Waals surface area (Å²) in [6, 6.07) is 10.2. The second kappa shape index (κ2) is 5.99. The van der Waals surface area contributed by atoms with Crippen molar-refractivity contribution in [1.82, 2.24) is 15.3 Å². The van der Waals surface area contributed by atoms with Crippen LogP contribution in [0.1, 0.15) is 35.5 Å². The number of hydrogen-bond donors (Lipinski definition) is 1. The van der Waals surface area contributed by atoms with E-state index in [0.29, 0.717) is 6.61 Å². The van der Waals surface area contributed by atoms with Crippen LogP contribution >= 0.6 is 0 Å². The number of aryl methyl sites for hydroxylation is 2. The minimum absolute atomic E-state index is 0.123. The molecule has 102 valence electrons. The zero-order chi connectivity index (χ0) is 13.8. The maximum Gasteiger partial charge on any atom is 0.0933 e. The van der Waals surface area contributed by atoms with Gasteiger partial charge in [-0.25, -0.2) is 0 Å². The first-order chi connectivity index (χ1) is 9.09. The summed E-state index contributed by atoms with van der Waals surface area (Å²) in [5, 5.41) is 4.42. The third-order valence-electron chi connectivity index (χ3n) is 3.34. The Hall–Kier alpha value is -1.65. The molecule has 1 aromatic carbocycles. The molecule has 0 aliphatic carbocycles. The van der Waals surface area contributed by atoms with Gasteiger partial charge in [0.1, 0.15) is 0 Å². The van der Waals surface area contributed by atoms with Gasteiger partial charge in [-0.1, -0.05) is 30.3 Å². The van der Waals surface area contributed by atoms with E-state index >= 15 is 0 Å². The summed E-state index contributed by atoms with van der Waals surface area (Å²) >= 11 is 0.